The minimum atomic E-state index is 0.117. The fraction of sp³-hybridized carbons (Fsp3) is 0.182. The van der Waals surface area contributed by atoms with Gasteiger partial charge in [0.1, 0.15) is 11.8 Å². The highest BCUT2D eigenvalue weighted by Crippen LogP contribution is 2.33. The third-order valence-electron chi connectivity index (χ3n) is 4.47. The Morgan fingerprint density at radius 3 is 2.42 bits per heavy atom. The van der Waals surface area contributed by atoms with Crippen LogP contribution in [0.5, 0.6) is 0 Å². The maximum atomic E-state index is 5.71. The first-order chi connectivity index (χ1) is 11.5. The second-order valence-electron chi connectivity index (χ2n) is 7.30. The lowest BCUT2D eigenvalue weighted by Crippen LogP contribution is -2.10. The molecule has 4 rings (SSSR count). The molecule has 0 spiro atoms. The fourth-order valence-corrected chi connectivity index (χ4v) is 3.02. The second-order valence-corrected chi connectivity index (χ2v) is 7.30. The number of benzene rings is 3. The van der Waals surface area contributed by atoms with E-state index in [9.17, 15) is 0 Å². The molecular weight excluding hydrogens is 294 g/mol. The van der Waals surface area contributed by atoms with Crippen molar-refractivity contribution >= 4 is 33.1 Å². The zero-order valence-corrected chi connectivity index (χ0v) is 14.3. The molecule has 0 atom stereocenters. The lowest BCUT2D eigenvalue weighted by atomic mass is 9.86. The SMILES string of the molecule is CC(C)(C)c1ccc2occ(Nc3ccc4ccccc4c3)c2c1. The molecule has 24 heavy (non-hydrogen) atoms. The van der Waals surface area contributed by atoms with Crippen LogP contribution in [0, 0.1) is 0 Å². The molecule has 0 aliphatic rings. The Labute approximate surface area is 142 Å². The molecule has 0 aliphatic heterocycles. The van der Waals surface area contributed by atoms with Crippen LogP contribution in [0.4, 0.5) is 11.4 Å². The van der Waals surface area contributed by atoms with Crippen molar-refractivity contribution < 1.29 is 4.42 Å². The zero-order chi connectivity index (χ0) is 16.7. The number of fused-ring (bicyclic) bond motifs is 2. The number of rotatable bonds is 2. The highest BCUT2D eigenvalue weighted by molar-refractivity contribution is 5.94. The monoisotopic (exact) mass is 315 g/mol. The first kappa shape index (κ1) is 14.8. The van der Waals surface area contributed by atoms with Crippen molar-refractivity contribution in [2.45, 2.75) is 26.2 Å². The van der Waals surface area contributed by atoms with Gasteiger partial charge in [-0.05, 0) is 46.0 Å². The third-order valence-corrected chi connectivity index (χ3v) is 4.47. The van der Waals surface area contributed by atoms with Crippen molar-refractivity contribution in [2.24, 2.45) is 0 Å². The average Bonchev–Trinajstić information content (AvgIpc) is 2.96. The lowest BCUT2D eigenvalue weighted by molar-refractivity contribution is 0.589. The van der Waals surface area contributed by atoms with Gasteiger partial charge in [0.05, 0.1) is 5.69 Å². The van der Waals surface area contributed by atoms with Crippen molar-refractivity contribution in [3.05, 3.63) is 72.5 Å². The number of hydrogen-bond donors (Lipinski definition) is 1. The predicted molar refractivity (Wildman–Crippen MR) is 102 cm³/mol. The van der Waals surface area contributed by atoms with Crippen LogP contribution in [0.3, 0.4) is 0 Å². The summed E-state index contributed by atoms with van der Waals surface area (Å²) in [5.74, 6) is 0. The highest BCUT2D eigenvalue weighted by atomic mass is 16.3. The fourth-order valence-electron chi connectivity index (χ4n) is 3.02. The van der Waals surface area contributed by atoms with Gasteiger partial charge in [0.2, 0.25) is 0 Å². The van der Waals surface area contributed by atoms with E-state index in [0.717, 1.165) is 22.3 Å². The first-order valence-corrected chi connectivity index (χ1v) is 8.28. The van der Waals surface area contributed by atoms with Crippen LogP contribution in [0.15, 0.2) is 71.3 Å². The van der Waals surface area contributed by atoms with Crippen molar-refractivity contribution in [1.29, 1.82) is 0 Å². The minimum absolute atomic E-state index is 0.117. The van der Waals surface area contributed by atoms with E-state index >= 15 is 0 Å². The van der Waals surface area contributed by atoms with E-state index in [2.05, 4.69) is 86.8 Å². The number of hydrogen-bond acceptors (Lipinski definition) is 2. The Morgan fingerprint density at radius 1 is 0.833 bits per heavy atom. The van der Waals surface area contributed by atoms with Crippen molar-refractivity contribution in [3.8, 4) is 0 Å². The van der Waals surface area contributed by atoms with Crippen LogP contribution in [-0.4, -0.2) is 0 Å². The molecule has 1 heterocycles. The van der Waals surface area contributed by atoms with Crippen LogP contribution >= 0.6 is 0 Å². The summed E-state index contributed by atoms with van der Waals surface area (Å²) in [6, 6.07) is 21.2. The molecule has 120 valence electrons. The Kier molecular flexibility index (Phi) is 3.34. The molecule has 0 unspecified atom stereocenters. The Morgan fingerprint density at radius 2 is 1.62 bits per heavy atom. The van der Waals surface area contributed by atoms with Crippen LogP contribution in [-0.2, 0) is 5.41 Å². The van der Waals surface area contributed by atoms with E-state index in [0.29, 0.717) is 0 Å². The maximum absolute atomic E-state index is 5.71. The van der Waals surface area contributed by atoms with Gasteiger partial charge < -0.3 is 9.73 Å². The van der Waals surface area contributed by atoms with Gasteiger partial charge >= 0.3 is 0 Å². The van der Waals surface area contributed by atoms with E-state index in [1.165, 1.54) is 16.3 Å². The molecule has 0 aliphatic carbocycles. The highest BCUT2D eigenvalue weighted by Gasteiger charge is 2.16. The van der Waals surface area contributed by atoms with Gasteiger partial charge in [-0.3, -0.25) is 0 Å². The summed E-state index contributed by atoms with van der Waals surface area (Å²) in [5.41, 5.74) is 4.40. The number of nitrogens with one attached hydrogen (secondary N) is 1. The molecule has 1 aromatic heterocycles. The molecule has 0 bridgehead atoms. The normalized spacial score (nSPS) is 12.0. The zero-order valence-electron chi connectivity index (χ0n) is 14.3. The molecule has 1 N–H and O–H groups in total. The summed E-state index contributed by atoms with van der Waals surface area (Å²) >= 11 is 0. The van der Waals surface area contributed by atoms with Crippen molar-refractivity contribution in [3.63, 3.8) is 0 Å². The molecule has 0 fully saturated rings. The second kappa shape index (κ2) is 5.41. The van der Waals surface area contributed by atoms with E-state index in [-0.39, 0.29) is 5.41 Å². The summed E-state index contributed by atoms with van der Waals surface area (Å²) in [6.45, 7) is 6.68. The lowest BCUT2D eigenvalue weighted by Gasteiger charge is -2.19. The largest absolute Gasteiger partial charge is 0.462 e. The topological polar surface area (TPSA) is 25.2 Å². The molecule has 2 heteroatoms. The molecule has 0 saturated heterocycles. The number of furan rings is 1. The van der Waals surface area contributed by atoms with Gasteiger partial charge in [0.25, 0.3) is 0 Å². The Hall–Kier alpha value is -2.74. The Balaban J connectivity index is 1.75. The van der Waals surface area contributed by atoms with Crippen LogP contribution in [0.1, 0.15) is 26.3 Å². The van der Waals surface area contributed by atoms with Gasteiger partial charge in [-0.15, -0.1) is 0 Å². The third kappa shape index (κ3) is 2.65. The van der Waals surface area contributed by atoms with Crippen LogP contribution in [0.2, 0.25) is 0 Å². The summed E-state index contributed by atoms with van der Waals surface area (Å²) in [7, 11) is 0. The molecule has 0 amide bonds. The van der Waals surface area contributed by atoms with Crippen LogP contribution in [0.25, 0.3) is 21.7 Å². The van der Waals surface area contributed by atoms with Crippen molar-refractivity contribution in [2.75, 3.05) is 5.32 Å². The van der Waals surface area contributed by atoms with Gasteiger partial charge in [-0.2, -0.15) is 0 Å². The van der Waals surface area contributed by atoms with Crippen molar-refractivity contribution in [1.82, 2.24) is 0 Å². The first-order valence-electron chi connectivity index (χ1n) is 8.28. The standard InChI is InChI=1S/C22H21NO/c1-22(2,3)17-9-11-21-19(13-17)20(14-24-21)23-18-10-8-15-6-4-5-7-16(15)12-18/h4-14,23H,1-3H3. The minimum Gasteiger partial charge on any atom is -0.462 e. The summed E-state index contributed by atoms with van der Waals surface area (Å²) in [6.07, 6.45) is 1.80. The molecule has 3 aromatic carbocycles. The molecular formula is C22H21NO. The van der Waals surface area contributed by atoms with E-state index in [1.807, 2.05) is 0 Å². The smallest absolute Gasteiger partial charge is 0.136 e. The molecule has 2 nitrogen and oxygen atoms in total. The van der Waals surface area contributed by atoms with Gasteiger partial charge in [-0.25, -0.2) is 0 Å². The van der Waals surface area contributed by atoms with Gasteiger partial charge in [-0.1, -0.05) is 57.2 Å². The molecule has 0 radical (unpaired) electrons. The van der Waals surface area contributed by atoms with E-state index in [4.69, 9.17) is 4.42 Å². The van der Waals surface area contributed by atoms with Gasteiger partial charge in [0.15, 0.2) is 0 Å². The average molecular weight is 315 g/mol. The summed E-state index contributed by atoms with van der Waals surface area (Å²) in [5, 5.41) is 7.10. The maximum Gasteiger partial charge on any atom is 0.136 e. The summed E-state index contributed by atoms with van der Waals surface area (Å²) in [4.78, 5) is 0. The molecule has 4 aromatic rings. The summed E-state index contributed by atoms with van der Waals surface area (Å²) < 4.78 is 5.71. The van der Waals surface area contributed by atoms with Crippen LogP contribution < -0.4 is 5.32 Å². The predicted octanol–water partition coefficient (Wildman–Crippen LogP) is 6.63. The molecule has 0 saturated carbocycles. The van der Waals surface area contributed by atoms with E-state index < -0.39 is 0 Å². The Bertz CT molecular complexity index is 1020. The van der Waals surface area contributed by atoms with Gasteiger partial charge in [0, 0.05) is 11.1 Å². The quantitative estimate of drug-likeness (QED) is 0.449. The van der Waals surface area contributed by atoms with E-state index in [1.54, 1.807) is 6.26 Å². The number of anilines is 2.